The van der Waals surface area contributed by atoms with Gasteiger partial charge in [0.2, 0.25) is 0 Å². The molecule has 0 unspecified atom stereocenters. The number of ether oxygens (including phenoxy) is 1. The number of aromatic nitrogens is 2. The van der Waals surface area contributed by atoms with Gasteiger partial charge >= 0.3 is 6.55 Å². The third-order valence-electron chi connectivity index (χ3n) is 3.28. The van der Waals surface area contributed by atoms with E-state index in [0.29, 0.717) is 11.4 Å². The summed E-state index contributed by atoms with van der Waals surface area (Å²) in [5.41, 5.74) is 3.60. The summed E-state index contributed by atoms with van der Waals surface area (Å²) in [5, 5.41) is 3.91. The van der Waals surface area contributed by atoms with Crippen LogP contribution in [0.3, 0.4) is 0 Å². The summed E-state index contributed by atoms with van der Waals surface area (Å²) in [5.74, 6) is 0.737. The summed E-state index contributed by atoms with van der Waals surface area (Å²) in [4.78, 5) is 0. The Balaban J connectivity index is 2.66. The number of nitrogens with zero attached hydrogens (tertiary/aromatic N) is 2. The molecule has 2 aromatic rings. The number of hydrogen-bond acceptors (Lipinski definition) is 2. The molecule has 0 atom stereocenters. The Kier molecular flexibility index (Phi) is 3.55. The minimum Gasteiger partial charge on any atom is -0.496 e. The second-order valence-electron chi connectivity index (χ2n) is 4.40. The van der Waals surface area contributed by atoms with E-state index in [9.17, 15) is 8.78 Å². The van der Waals surface area contributed by atoms with Crippen molar-refractivity contribution in [1.29, 1.82) is 0 Å². The lowest BCUT2D eigenvalue weighted by molar-refractivity contribution is 0.0542. The maximum absolute atomic E-state index is 12.9. The van der Waals surface area contributed by atoms with Gasteiger partial charge in [-0.3, -0.25) is 0 Å². The Morgan fingerprint density at radius 3 is 2.42 bits per heavy atom. The van der Waals surface area contributed by atoms with E-state index in [-0.39, 0.29) is 0 Å². The van der Waals surface area contributed by atoms with Crippen LogP contribution in [0.2, 0.25) is 0 Å². The van der Waals surface area contributed by atoms with Gasteiger partial charge in [0.25, 0.3) is 0 Å². The first-order valence-electron chi connectivity index (χ1n) is 5.95. The molecule has 0 N–H and O–H groups in total. The fourth-order valence-corrected chi connectivity index (χ4v) is 2.35. The average Bonchev–Trinajstić information content (AvgIpc) is 2.66. The molecule has 1 aromatic heterocycles. The Morgan fingerprint density at radius 2 is 1.89 bits per heavy atom. The molecule has 3 nitrogen and oxygen atoms in total. The fourth-order valence-electron chi connectivity index (χ4n) is 2.35. The minimum absolute atomic E-state index is 0.462. The zero-order valence-corrected chi connectivity index (χ0v) is 11.4. The van der Waals surface area contributed by atoms with Crippen molar-refractivity contribution in [3.05, 3.63) is 35.2 Å². The van der Waals surface area contributed by atoms with Crippen molar-refractivity contribution in [3.63, 3.8) is 0 Å². The number of benzene rings is 1. The molecule has 1 heterocycles. The maximum atomic E-state index is 12.9. The third-order valence-corrected chi connectivity index (χ3v) is 3.28. The van der Waals surface area contributed by atoms with E-state index in [1.54, 1.807) is 21.0 Å². The summed E-state index contributed by atoms with van der Waals surface area (Å²) >= 11 is 0. The van der Waals surface area contributed by atoms with Gasteiger partial charge in [0.1, 0.15) is 5.75 Å². The molecule has 0 saturated heterocycles. The SMILES string of the molecule is COc1cccc(-c2c(C)nn(C(F)F)c2C)c1C. The quantitative estimate of drug-likeness (QED) is 0.843. The first-order valence-corrected chi connectivity index (χ1v) is 5.95. The summed E-state index contributed by atoms with van der Waals surface area (Å²) in [7, 11) is 1.59. The van der Waals surface area contributed by atoms with Crippen LogP contribution in [0.15, 0.2) is 18.2 Å². The van der Waals surface area contributed by atoms with Crippen molar-refractivity contribution in [2.45, 2.75) is 27.3 Å². The van der Waals surface area contributed by atoms with Crippen molar-refractivity contribution >= 4 is 0 Å². The molecule has 102 valence electrons. The normalized spacial score (nSPS) is 11.1. The lowest BCUT2D eigenvalue weighted by Gasteiger charge is -2.11. The fraction of sp³-hybridized carbons (Fsp3) is 0.357. The van der Waals surface area contributed by atoms with Gasteiger partial charge in [0, 0.05) is 11.3 Å². The highest BCUT2D eigenvalue weighted by atomic mass is 19.3. The van der Waals surface area contributed by atoms with Gasteiger partial charge in [0.15, 0.2) is 0 Å². The van der Waals surface area contributed by atoms with Crippen molar-refractivity contribution in [2.75, 3.05) is 7.11 Å². The zero-order chi connectivity index (χ0) is 14.2. The Labute approximate surface area is 110 Å². The van der Waals surface area contributed by atoms with E-state index in [0.717, 1.165) is 27.1 Å². The standard InChI is InChI=1S/C14H16F2N2O/c1-8-11(6-5-7-12(8)19-4)13-9(2)17-18(10(13)3)14(15)16/h5-7,14H,1-4H3. The molecule has 2 rings (SSSR count). The Morgan fingerprint density at radius 1 is 1.21 bits per heavy atom. The van der Waals surface area contributed by atoms with Crippen LogP contribution in [0.1, 0.15) is 23.5 Å². The first-order chi connectivity index (χ1) is 8.97. The molecule has 0 spiro atoms. The van der Waals surface area contributed by atoms with Gasteiger partial charge in [-0.05, 0) is 38.0 Å². The largest absolute Gasteiger partial charge is 0.496 e. The molecule has 0 amide bonds. The van der Waals surface area contributed by atoms with E-state index in [2.05, 4.69) is 5.10 Å². The zero-order valence-electron chi connectivity index (χ0n) is 11.4. The average molecular weight is 266 g/mol. The number of methoxy groups -OCH3 is 1. The number of halogens is 2. The van der Waals surface area contributed by atoms with E-state index in [1.807, 2.05) is 25.1 Å². The lowest BCUT2D eigenvalue weighted by Crippen LogP contribution is -2.02. The Bertz CT molecular complexity index is 606. The highest BCUT2D eigenvalue weighted by molar-refractivity contribution is 5.73. The van der Waals surface area contributed by atoms with Gasteiger partial charge < -0.3 is 4.74 Å². The van der Waals surface area contributed by atoms with Crippen LogP contribution in [0, 0.1) is 20.8 Å². The molecular weight excluding hydrogens is 250 g/mol. The van der Waals surface area contributed by atoms with Crippen molar-refractivity contribution in [3.8, 4) is 16.9 Å². The van der Waals surface area contributed by atoms with Gasteiger partial charge in [-0.25, -0.2) is 4.68 Å². The molecule has 19 heavy (non-hydrogen) atoms. The van der Waals surface area contributed by atoms with Gasteiger partial charge in [-0.15, -0.1) is 0 Å². The maximum Gasteiger partial charge on any atom is 0.333 e. The summed E-state index contributed by atoms with van der Waals surface area (Å²) < 4.78 is 31.7. The second-order valence-corrected chi connectivity index (χ2v) is 4.40. The molecule has 0 aliphatic heterocycles. The number of alkyl halides is 2. The molecule has 5 heteroatoms. The molecular formula is C14H16F2N2O. The predicted octanol–water partition coefficient (Wildman–Crippen LogP) is 3.88. The summed E-state index contributed by atoms with van der Waals surface area (Å²) in [6.45, 7) is 2.67. The van der Waals surface area contributed by atoms with E-state index >= 15 is 0 Å². The van der Waals surface area contributed by atoms with Crippen molar-refractivity contribution < 1.29 is 13.5 Å². The summed E-state index contributed by atoms with van der Waals surface area (Å²) in [6, 6.07) is 5.59. The number of hydrogen-bond donors (Lipinski definition) is 0. The molecule has 0 bridgehead atoms. The topological polar surface area (TPSA) is 27.1 Å². The Hall–Kier alpha value is -1.91. The molecule has 0 fully saturated rings. The van der Waals surface area contributed by atoms with Gasteiger partial charge in [-0.1, -0.05) is 12.1 Å². The van der Waals surface area contributed by atoms with Crippen molar-refractivity contribution in [2.24, 2.45) is 0 Å². The smallest absolute Gasteiger partial charge is 0.333 e. The predicted molar refractivity (Wildman–Crippen MR) is 69.7 cm³/mol. The molecule has 1 aromatic carbocycles. The van der Waals surface area contributed by atoms with Crippen LogP contribution in [-0.2, 0) is 0 Å². The van der Waals surface area contributed by atoms with E-state index < -0.39 is 6.55 Å². The third kappa shape index (κ3) is 2.20. The summed E-state index contributed by atoms with van der Waals surface area (Å²) in [6.07, 6.45) is 0. The van der Waals surface area contributed by atoms with Crippen LogP contribution in [0.5, 0.6) is 5.75 Å². The highest BCUT2D eigenvalue weighted by Crippen LogP contribution is 2.34. The van der Waals surface area contributed by atoms with E-state index in [1.165, 1.54) is 0 Å². The minimum atomic E-state index is -2.63. The number of aryl methyl sites for hydroxylation is 1. The van der Waals surface area contributed by atoms with Crippen molar-refractivity contribution in [1.82, 2.24) is 9.78 Å². The molecule has 0 saturated carbocycles. The number of rotatable bonds is 3. The first kappa shape index (κ1) is 13.5. The van der Waals surface area contributed by atoms with Crippen LogP contribution in [0.4, 0.5) is 8.78 Å². The lowest BCUT2D eigenvalue weighted by atomic mass is 9.98. The molecule has 0 aliphatic carbocycles. The monoisotopic (exact) mass is 266 g/mol. The van der Waals surface area contributed by atoms with Gasteiger partial charge in [-0.2, -0.15) is 13.9 Å². The van der Waals surface area contributed by atoms with Gasteiger partial charge in [0.05, 0.1) is 12.8 Å². The van der Waals surface area contributed by atoms with Crippen LogP contribution < -0.4 is 4.74 Å². The highest BCUT2D eigenvalue weighted by Gasteiger charge is 2.20. The second kappa shape index (κ2) is 4.99. The van der Waals surface area contributed by atoms with Crippen LogP contribution >= 0.6 is 0 Å². The van der Waals surface area contributed by atoms with Crippen LogP contribution in [0.25, 0.3) is 11.1 Å². The van der Waals surface area contributed by atoms with Crippen LogP contribution in [-0.4, -0.2) is 16.9 Å². The van der Waals surface area contributed by atoms with E-state index in [4.69, 9.17) is 4.74 Å². The molecule has 0 aliphatic rings. The molecule has 0 radical (unpaired) electrons.